The van der Waals surface area contributed by atoms with Gasteiger partial charge in [-0.25, -0.2) is 0 Å². The number of amides is 1. The van der Waals surface area contributed by atoms with E-state index in [1.807, 2.05) is 0 Å². The van der Waals surface area contributed by atoms with Gasteiger partial charge < -0.3 is 4.90 Å². The molecular formula is C11H10F3NO. The normalized spacial score (nSPS) is 15.5. The van der Waals surface area contributed by atoms with Crippen LogP contribution in [0.5, 0.6) is 0 Å². The molecule has 1 aromatic carbocycles. The van der Waals surface area contributed by atoms with Crippen LogP contribution in [0.25, 0.3) is 0 Å². The van der Waals surface area contributed by atoms with Gasteiger partial charge >= 0.3 is 6.18 Å². The molecule has 0 N–H and O–H groups in total. The molecule has 0 atom stereocenters. The lowest BCUT2D eigenvalue weighted by Gasteiger charge is -2.12. The molecule has 16 heavy (non-hydrogen) atoms. The summed E-state index contributed by atoms with van der Waals surface area (Å²) in [7, 11) is 0. The topological polar surface area (TPSA) is 20.3 Å². The molecule has 2 rings (SSSR count). The van der Waals surface area contributed by atoms with Crippen molar-refractivity contribution in [3.8, 4) is 0 Å². The van der Waals surface area contributed by atoms with Crippen LogP contribution < -0.4 is 0 Å². The van der Waals surface area contributed by atoms with Crippen molar-refractivity contribution in [1.82, 2.24) is 4.90 Å². The maximum atomic E-state index is 12.7. The van der Waals surface area contributed by atoms with Crippen molar-refractivity contribution < 1.29 is 18.0 Å². The highest BCUT2D eigenvalue weighted by molar-refractivity contribution is 5.98. The number of fused-ring (bicyclic) bond motifs is 1. The Morgan fingerprint density at radius 3 is 2.62 bits per heavy atom. The highest BCUT2D eigenvalue weighted by atomic mass is 19.4. The van der Waals surface area contributed by atoms with Gasteiger partial charge in [0.2, 0.25) is 0 Å². The summed E-state index contributed by atoms with van der Waals surface area (Å²) in [6.07, 6.45) is -4.39. The van der Waals surface area contributed by atoms with E-state index in [0.717, 1.165) is 6.07 Å². The van der Waals surface area contributed by atoms with Crippen LogP contribution >= 0.6 is 0 Å². The molecule has 0 saturated heterocycles. The highest BCUT2D eigenvalue weighted by Gasteiger charge is 2.38. The second-order valence-electron chi connectivity index (χ2n) is 3.65. The number of nitrogens with zero attached hydrogens (tertiary/aromatic N) is 1. The number of halogens is 3. The number of rotatable bonds is 1. The van der Waals surface area contributed by atoms with E-state index in [-0.39, 0.29) is 23.6 Å². The van der Waals surface area contributed by atoms with Crippen molar-refractivity contribution in [1.29, 1.82) is 0 Å². The Labute approximate surface area is 90.7 Å². The van der Waals surface area contributed by atoms with Gasteiger partial charge in [-0.05, 0) is 24.6 Å². The molecule has 0 aromatic heterocycles. The molecule has 2 nitrogen and oxygen atoms in total. The third-order valence-electron chi connectivity index (χ3n) is 2.73. The SMILES string of the molecule is CCN1Cc2c(cccc2C(F)(F)F)C1=O. The van der Waals surface area contributed by atoms with Gasteiger partial charge in [0.1, 0.15) is 0 Å². The molecule has 1 aromatic rings. The van der Waals surface area contributed by atoms with Crippen molar-refractivity contribution in [2.75, 3.05) is 6.54 Å². The first-order valence-corrected chi connectivity index (χ1v) is 4.93. The molecular weight excluding hydrogens is 219 g/mol. The number of alkyl halides is 3. The average molecular weight is 229 g/mol. The fraction of sp³-hybridized carbons (Fsp3) is 0.364. The Kier molecular flexibility index (Phi) is 2.40. The predicted molar refractivity (Wildman–Crippen MR) is 51.9 cm³/mol. The average Bonchev–Trinajstić information content (AvgIpc) is 2.54. The molecule has 0 spiro atoms. The van der Waals surface area contributed by atoms with Crippen LogP contribution in [0.4, 0.5) is 13.2 Å². The summed E-state index contributed by atoms with van der Waals surface area (Å²) >= 11 is 0. The van der Waals surface area contributed by atoms with Crippen LogP contribution in [-0.4, -0.2) is 17.4 Å². The number of carbonyl (C=O) groups excluding carboxylic acids is 1. The molecule has 0 aliphatic carbocycles. The van der Waals surface area contributed by atoms with Crippen LogP contribution in [0.15, 0.2) is 18.2 Å². The largest absolute Gasteiger partial charge is 0.416 e. The molecule has 0 radical (unpaired) electrons. The predicted octanol–water partition coefficient (Wildman–Crippen LogP) is 2.68. The molecule has 1 heterocycles. The summed E-state index contributed by atoms with van der Waals surface area (Å²) in [4.78, 5) is 13.1. The van der Waals surface area contributed by atoms with Crippen LogP contribution in [0.1, 0.15) is 28.4 Å². The summed E-state index contributed by atoms with van der Waals surface area (Å²) < 4.78 is 38.0. The van der Waals surface area contributed by atoms with Crippen molar-refractivity contribution in [3.63, 3.8) is 0 Å². The minimum absolute atomic E-state index is 0.0559. The lowest BCUT2D eigenvalue weighted by Crippen LogP contribution is -2.23. The minimum Gasteiger partial charge on any atom is -0.335 e. The second kappa shape index (κ2) is 3.50. The third-order valence-corrected chi connectivity index (χ3v) is 2.73. The van der Waals surface area contributed by atoms with Gasteiger partial charge in [0.05, 0.1) is 5.56 Å². The first kappa shape index (κ1) is 11.0. The fourth-order valence-corrected chi connectivity index (χ4v) is 1.91. The minimum atomic E-state index is -4.39. The zero-order chi connectivity index (χ0) is 11.9. The number of hydrogen-bond donors (Lipinski definition) is 0. The molecule has 0 saturated carbocycles. The molecule has 0 unspecified atom stereocenters. The zero-order valence-corrected chi connectivity index (χ0v) is 8.64. The summed E-state index contributed by atoms with van der Waals surface area (Å²) in [5.41, 5.74) is -0.423. The van der Waals surface area contributed by atoms with Gasteiger partial charge in [-0.2, -0.15) is 13.2 Å². The Hall–Kier alpha value is -1.52. The van der Waals surface area contributed by atoms with Gasteiger partial charge in [0.15, 0.2) is 0 Å². The summed E-state index contributed by atoms with van der Waals surface area (Å²) in [6.45, 7) is 2.22. The lowest BCUT2D eigenvalue weighted by atomic mass is 10.0. The Bertz CT molecular complexity index is 439. The quantitative estimate of drug-likeness (QED) is 0.725. The maximum Gasteiger partial charge on any atom is 0.416 e. The fourth-order valence-electron chi connectivity index (χ4n) is 1.91. The second-order valence-corrected chi connectivity index (χ2v) is 3.65. The summed E-state index contributed by atoms with van der Waals surface area (Å²) in [5.74, 6) is -0.316. The Balaban J connectivity index is 2.53. The number of carbonyl (C=O) groups is 1. The van der Waals surface area contributed by atoms with Crippen LogP contribution in [0, 0.1) is 0 Å². The van der Waals surface area contributed by atoms with Crippen LogP contribution in [0.3, 0.4) is 0 Å². The van der Waals surface area contributed by atoms with E-state index in [1.54, 1.807) is 6.92 Å². The van der Waals surface area contributed by atoms with Gasteiger partial charge in [-0.3, -0.25) is 4.79 Å². The van der Waals surface area contributed by atoms with E-state index in [4.69, 9.17) is 0 Å². The molecule has 86 valence electrons. The molecule has 0 bridgehead atoms. The van der Waals surface area contributed by atoms with Crippen LogP contribution in [0.2, 0.25) is 0 Å². The zero-order valence-electron chi connectivity index (χ0n) is 8.64. The van der Waals surface area contributed by atoms with E-state index in [2.05, 4.69) is 0 Å². The van der Waals surface area contributed by atoms with E-state index in [0.29, 0.717) is 6.54 Å². The number of benzene rings is 1. The lowest BCUT2D eigenvalue weighted by molar-refractivity contribution is -0.138. The Morgan fingerprint density at radius 1 is 1.38 bits per heavy atom. The van der Waals surface area contributed by atoms with Crippen molar-refractivity contribution in [2.24, 2.45) is 0 Å². The third kappa shape index (κ3) is 1.56. The van der Waals surface area contributed by atoms with Crippen molar-refractivity contribution >= 4 is 5.91 Å². The first-order valence-electron chi connectivity index (χ1n) is 4.93. The van der Waals surface area contributed by atoms with E-state index >= 15 is 0 Å². The van der Waals surface area contributed by atoms with Crippen molar-refractivity contribution in [3.05, 3.63) is 34.9 Å². The van der Waals surface area contributed by atoms with Gasteiger partial charge in [0, 0.05) is 18.7 Å². The maximum absolute atomic E-state index is 12.7. The van der Waals surface area contributed by atoms with Gasteiger partial charge in [-0.1, -0.05) is 6.07 Å². The standard InChI is InChI=1S/C11H10F3NO/c1-2-15-6-8-7(10(15)16)4-3-5-9(8)11(12,13)14/h3-5H,2,6H2,1H3. The van der Waals surface area contributed by atoms with E-state index in [1.165, 1.54) is 17.0 Å². The molecule has 1 aliphatic heterocycles. The highest BCUT2D eigenvalue weighted by Crippen LogP contribution is 2.36. The molecule has 0 fully saturated rings. The van der Waals surface area contributed by atoms with Crippen LogP contribution in [-0.2, 0) is 12.7 Å². The Morgan fingerprint density at radius 2 is 2.06 bits per heavy atom. The van der Waals surface area contributed by atoms with E-state index < -0.39 is 11.7 Å². The van der Waals surface area contributed by atoms with Gasteiger partial charge in [-0.15, -0.1) is 0 Å². The molecule has 5 heteroatoms. The van der Waals surface area contributed by atoms with E-state index in [9.17, 15) is 18.0 Å². The first-order chi connectivity index (χ1) is 7.45. The number of hydrogen-bond acceptors (Lipinski definition) is 1. The summed E-state index contributed by atoms with van der Waals surface area (Å²) in [6, 6.07) is 3.74. The molecule has 1 amide bonds. The molecule has 1 aliphatic rings. The monoisotopic (exact) mass is 229 g/mol. The van der Waals surface area contributed by atoms with Gasteiger partial charge in [0.25, 0.3) is 5.91 Å². The summed E-state index contributed by atoms with van der Waals surface area (Å²) in [5, 5.41) is 0. The smallest absolute Gasteiger partial charge is 0.335 e. The van der Waals surface area contributed by atoms with Crippen molar-refractivity contribution in [2.45, 2.75) is 19.6 Å².